The van der Waals surface area contributed by atoms with Gasteiger partial charge in [0.05, 0.1) is 5.54 Å². The highest BCUT2D eigenvalue weighted by molar-refractivity contribution is 5.90. The maximum absolute atomic E-state index is 12.6. The van der Waals surface area contributed by atoms with E-state index < -0.39 is 5.79 Å². The predicted molar refractivity (Wildman–Crippen MR) is 103 cm³/mol. The number of fused-ring (bicyclic) bond motifs is 1. The number of hydrogen-bond donors (Lipinski definition) is 2. The Bertz CT molecular complexity index is 855. The van der Waals surface area contributed by atoms with Crippen LogP contribution in [0.4, 0.5) is 10.5 Å². The third kappa shape index (κ3) is 2.91. The number of benzene rings is 2. The van der Waals surface area contributed by atoms with Gasteiger partial charge in [-0.3, -0.25) is 0 Å². The molecule has 0 aromatic heterocycles. The topological polar surface area (TPSA) is 59.6 Å². The Kier molecular flexibility index (Phi) is 3.78. The summed E-state index contributed by atoms with van der Waals surface area (Å²) in [6.07, 6.45) is 7.16. The summed E-state index contributed by atoms with van der Waals surface area (Å²) in [5.41, 5.74) is 1.63. The molecule has 0 atom stereocenters. The Morgan fingerprint density at radius 3 is 2.30 bits per heavy atom. The fraction of sp³-hybridized carbons (Fsp3) is 0.409. The van der Waals surface area contributed by atoms with Gasteiger partial charge in [0.1, 0.15) is 0 Å². The number of nitrogens with one attached hydrogen (secondary N) is 2. The second-order valence-electron chi connectivity index (χ2n) is 7.86. The maximum atomic E-state index is 12.6. The van der Waals surface area contributed by atoms with E-state index in [9.17, 15) is 4.79 Å². The van der Waals surface area contributed by atoms with Crippen LogP contribution in [0.15, 0.2) is 48.5 Å². The number of amides is 2. The summed E-state index contributed by atoms with van der Waals surface area (Å²) in [5, 5.41) is 6.15. The molecule has 140 valence electrons. The number of carbonyl (C=O) groups excluding carboxylic acids is 1. The van der Waals surface area contributed by atoms with Gasteiger partial charge in [-0.2, -0.15) is 0 Å². The molecule has 0 saturated heterocycles. The van der Waals surface area contributed by atoms with E-state index in [1.807, 2.05) is 36.4 Å². The molecule has 2 aromatic carbocycles. The van der Waals surface area contributed by atoms with Crippen LogP contribution in [0.3, 0.4) is 0 Å². The van der Waals surface area contributed by atoms with E-state index in [4.69, 9.17) is 9.47 Å². The summed E-state index contributed by atoms with van der Waals surface area (Å²) in [7, 11) is 0. The lowest BCUT2D eigenvalue weighted by atomic mass is 9.72. The summed E-state index contributed by atoms with van der Waals surface area (Å²) in [5.74, 6) is 1.01. The maximum Gasteiger partial charge on any atom is 0.319 e. The van der Waals surface area contributed by atoms with Crippen LogP contribution in [0, 0.1) is 0 Å². The summed E-state index contributed by atoms with van der Waals surface area (Å²) >= 11 is 0. The normalized spacial score (nSPS) is 20.9. The van der Waals surface area contributed by atoms with Crippen LogP contribution in [-0.4, -0.2) is 11.8 Å². The van der Waals surface area contributed by atoms with Crippen LogP contribution in [0.25, 0.3) is 0 Å². The highest BCUT2D eigenvalue weighted by atomic mass is 16.7. The quantitative estimate of drug-likeness (QED) is 0.812. The monoisotopic (exact) mass is 364 g/mol. The van der Waals surface area contributed by atoms with Crippen LogP contribution < -0.4 is 20.1 Å². The average molecular weight is 364 g/mol. The molecule has 2 aliphatic carbocycles. The molecular formula is C22H24N2O3. The van der Waals surface area contributed by atoms with Crippen molar-refractivity contribution in [3.05, 3.63) is 54.1 Å². The van der Waals surface area contributed by atoms with Gasteiger partial charge < -0.3 is 20.1 Å². The van der Waals surface area contributed by atoms with Crippen molar-refractivity contribution in [3.63, 3.8) is 0 Å². The van der Waals surface area contributed by atoms with E-state index in [2.05, 4.69) is 22.8 Å². The fourth-order valence-electron chi connectivity index (χ4n) is 4.44. The molecule has 5 rings (SSSR count). The van der Waals surface area contributed by atoms with Crippen molar-refractivity contribution >= 4 is 11.7 Å². The van der Waals surface area contributed by atoms with Gasteiger partial charge in [-0.05, 0) is 49.8 Å². The van der Waals surface area contributed by atoms with Crippen molar-refractivity contribution in [1.29, 1.82) is 0 Å². The molecule has 0 bridgehead atoms. The van der Waals surface area contributed by atoms with Crippen LogP contribution in [-0.2, 0) is 5.54 Å². The number of carbonyl (C=O) groups is 1. The van der Waals surface area contributed by atoms with Crippen molar-refractivity contribution in [2.45, 2.75) is 56.3 Å². The van der Waals surface area contributed by atoms with Gasteiger partial charge in [0.2, 0.25) is 0 Å². The fourth-order valence-corrected chi connectivity index (χ4v) is 4.44. The summed E-state index contributed by atoms with van der Waals surface area (Å²) in [6, 6.07) is 15.6. The molecular weight excluding hydrogens is 340 g/mol. The molecule has 5 heteroatoms. The molecule has 2 aromatic rings. The van der Waals surface area contributed by atoms with E-state index >= 15 is 0 Å². The van der Waals surface area contributed by atoms with Crippen molar-refractivity contribution in [1.82, 2.24) is 5.32 Å². The number of hydrogen-bond acceptors (Lipinski definition) is 3. The molecule has 27 heavy (non-hydrogen) atoms. The molecule has 2 amide bonds. The third-order valence-electron chi connectivity index (χ3n) is 6.05. The smallest absolute Gasteiger partial charge is 0.319 e. The molecule has 2 fully saturated rings. The highest BCUT2D eigenvalue weighted by Gasteiger charge is 2.44. The van der Waals surface area contributed by atoms with E-state index in [-0.39, 0.29) is 11.6 Å². The van der Waals surface area contributed by atoms with Gasteiger partial charge >= 0.3 is 6.03 Å². The molecule has 0 unspecified atom stereocenters. The Hall–Kier alpha value is -2.69. The van der Waals surface area contributed by atoms with Gasteiger partial charge in [-0.1, -0.05) is 30.3 Å². The standard InChI is InChI=1S/C22H24N2O3/c25-20(24-21(11-6-12-21)16-7-2-1-3-8-16)23-17-9-10-18-19(15-17)27-22(26-18)13-4-5-14-22/h1-3,7-10,15H,4-6,11-14H2,(H2,23,24,25). The largest absolute Gasteiger partial charge is 0.448 e. The number of rotatable bonds is 3. The summed E-state index contributed by atoms with van der Waals surface area (Å²) in [6.45, 7) is 0. The van der Waals surface area contributed by atoms with Gasteiger partial charge in [-0.25, -0.2) is 4.79 Å². The molecule has 2 N–H and O–H groups in total. The Morgan fingerprint density at radius 2 is 1.59 bits per heavy atom. The van der Waals surface area contributed by atoms with E-state index in [1.165, 1.54) is 5.56 Å². The summed E-state index contributed by atoms with van der Waals surface area (Å²) < 4.78 is 12.1. The molecule has 5 nitrogen and oxygen atoms in total. The first-order valence-electron chi connectivity index (χ1n) is 9.83. The molecule has 1 aliphatic heterocycles. The van der Waals surface area contributed by atoms with Gasteiger partial charge in [0.25, 0.3) is 5.79 Å². The minimum Gasteiger partial charge on any atom is -0.448 e. The van der Waals surface area contributed by atoms with Gasteiger partial charge in [-0.15, -0.1) is 0 Å². The number of ether oxygens (including phenoxy) is 2. The van der Waals surface area contributed by atoms with Crippen LogP contribution in [0.2, 0.25) is 0 Å². The lowest BCUT2D eigenvalue weighted by Gasteiger charge is -2.43. The zero-order valence-corrected chi connectivity index (χ0v) is 15.3. The number of urea groups is 1. The predicted octanol–water partition coefficient (Wildman–Crippen LogP) is 4.93. The van der Waals surface area contributed by atoms with Crippen LogP contribution in [0.5, 0.6) is 11.5 Å². The van der Waals surface area contributed by atoms with Crippen LogP contribution in [0.1, 0.15) is 50.5 Å². The Labute approximate surface area is 159 Å². The van der Waals surface area contributed by atoms with E-state index in [1.54, 1.807) is 0 Å². The first-order chi connectivity index (χ1) is 13.2. The number of anilines is 1. The minimum atomic E-state index is -0.480. The van der Waals surface area contributed by atoms with Crippen LogP contribution >= 0.6 is 0 Å². The van der Waals surface area contributed by atoms with E-state index in [0.717, 1.165) is 56.4 Å². The highest BCUT2D eigenvalue weighted by Crippen LogP contribution is 2.47. The molecule has 1 spiro atoms. The SMILES string of the molecule is O=C(Nc1ccc2c(c1)OC1(CCCC1)O2)NC1(c2ccccc2)CCC1. The first-order valence-corrected chi connectivity index (χ1v) is 9.83. The molecule has 1 heterocycles. The lowest BCUT2D eigenvalue weighted by molar-refractivity contribution is -0.0716. The third-order valence-corrected chi connectivity index (χ3v) is 6.05. The lowest BCUT2D eigenvalue weighted by Crippen LogP contribution is -2.52. The van der Waals surface area contributed by atoms with Gasteiger partial charge in [0.15, 0.2) is 11.5 Å². The molecule has 3 aliphatic rings. The molecule has 0 radical (unpaired) electrons. The minimum absolute atomic E-state index is 0.187. The van der Waals surface area contributed by atoms with Crippen molar-refractivity contribution in [2.75, 3.05) is 5.32 Å². The molecule has 2 saturated carbocycles. The average Bonchev–Trinajstić information content (AvgIpc) is 3.24. The van der Waals surface area contributed by atoms with Gasteiger partial charge in [0, 0.05) is 24.6 Å². The Balaban J connectivity index is 1.28. The zero-order chi connectivity index (χ0) is 18.3. The van der Waals surface area contributed by atoms with Crippen molar-refractivity contribution in [2.24, 2.45) is 0 Å². The van der Waals surface area contributed by atoms with E-state index in [0.29, 0.717) is 5.69 Å². The van der Waals surface area contributed by atoms with Crippen molar-refractivity contribution < 1.29 is 14.3 Å². The first kappa shape index (κ1) is 16.5. The second kappa shape index (κ2) is 6.19. The second-order valence-corrected chi connectivity index (χ2v) is 7.86. The summed E-state index contributed by atoms with van der Waals surface area (Å²) in [4.78, 5) is 12.6. The Morgan fingerprint density at radius 1 is 0.852 bits per heavy atom. The van der Waals surface area contributed by atoms with Crippen molar-refractivity contribution in [3.8, 4) is 11.5 Å². The zero-order valence-electron chi connectivity index (χ0n) is 15.3.